The molecule has 0 bridgehead atoms. The third-order valence-electron chi connectivity index (χ3n) is 2.52. The van der Waals surface area contributed by atoms with Crippen LogP contribution in [0.5, 0.6) is 0 Å². The van der Waals surface area contributed by atoms with Gasteiger partial charge in [0, 0.05) is 13.1 Å². The average molecular weight is 365 g/mol. The van der Waals surface area contributed by atoms with E-state index >= 15 is 0 Å². The predicted octanol–water partition coefficient (Wildman–Crippen LogP) is 1.94. The lowest BCUT2D eigenvalue weighted by molar-refractivity contribution is -0.113. The number of aromatic nitrogens is 2. The molecule has 0 spiro atoms. The Morgan fingerprint density at radius 1 is 1.48 bits per heavy atom. The van der Waals surface area contributed by atoms with Gasteiger partial charge in [0.25, 0.3) is 0 Å². The van der Waals surface area contributed by atoms with Gasteiger partial charge in [-0.2, -0.15) is 0 Å². The van der Waals surface area contributed by atoms with Gasteiger partial charge in [-0.15, -0.1) is 10.2 Å². The van der Waals surface area contributed by atoms with Crippen molar-refractivity contribution in [2.75, 3.05) is 43.1 Å². The van der Waals surface area contributed by atoms with Crippen LogP contribution in [0.15, 0.2) is 4.34 Å². The Balaban J connectivity index is 1.72. The zero-order valence-corrected chi connectivity index (χ0v) is 14.8. The van der Waals surface area contributed by atoms with Crippen LogP contribution in [0, 0.1) is 0 Å². The molecule has 1 amide bonds. The molecule has 0 radical (unpaired) electrons. The fraction of sp³-hybridized carbons (Fsp3) is 0.636. The van der Waals surface area contributed by atoms with Crippen LogP contribution in [0.4, 0.5) is 5.13 Å². The second-order valence-corrected chi connectivity index (χ2v) is 8.11. The number of nitrogens with zero attached hydrogens (tertiary/aromatic N) is 3. The highest BCUT2D eigenvalue weighted by Gasteiger charge is 2.16. The minimum Gasteiger partial charge on any atom is -0.378 e. The van der Waals surface area contributed by atoms with Crippen molar-refractivity contribution >= 4 is 62.4 Å². The first-order valence-electron chi connectivity index (χ1n) is 6.44. The normalized spacial score (nSPS) is 15.0. The molecule has 2 heterocycles. The zero-order chi connectivity index (χ0) is 15.1. The van der Waals surface area contributed by atoms with E-state index in [1.807, 2.05) is 6.92 Å². The molecule has 1 aliphatic rings. The first kappa shape index (κ1) is 16.9. The highest BCUT2D eigenvalue weighted by atomic mass is 32.2. The van der Waals surface area contributed by atoms with Crippen molar-refractivity contribution in [3.63, 3.8) is 0 Å². The maximum atomic E-state index is 11.9. The lowest BCUT2D eigenvalue weighted by atomic mass is 10.5. The second kappa shape index (κ2) is 8.89. The second-order valence-electron chi connectivity index (χ2n) is 4.01. The Labute approximate surface area is 141 Å². The first-order chi connectivity index (χ1) is 10.2. The van der Waals surface area contributed by atoms with Gasteiger partial charge in [-0.3, -0.25) is 10.1 Å². The summed E-state index contributed by atoms with van der Waals surface area (Å²) in [5, 5.41) is 11.2. The molecule has 1 aromatic heterocycles. The van der Waals surface area contributed by atoms with Crippen molar-refractivity contribution in [2.24, 2.45) is 0 Å². The molecule has 0 aromatic carbocycles. The van der Waals surface area contributed by atoms with Crippen LogP contribution < -0.4 is 5.32 Å². The molecule has 0 unspecified atom stereocenters. The standard InChI is InChI=1S/C11H16N4O2S4/c1-2-19-10-14-13-9(21-10)12-8(16)7-20-11(18)15-3-5-17-6-4-15/h2-7H2,1H3,(H,12,13,16). The number of morpholine rings is 1. The minimum absolute atomic E-state index is 0.111. The maximum absolute atomic E-state index is 11.9. The molecule has 1 aliphatic heterocycles. The van der Waals surface area contributed by atoms with E-state index in [-0.39, 0.29) is 11.7 Å². The lowest BCUT2D eigenvalue weighted by Gasteiger charge is -2.28. The van der Waals surface area contributed by atoms with Crippen LogP contribution in [0.25, 0.3) is 0 Å². The summed E-state index contributed by atoms with van der Waals surface area (Å²) in [6.07, 6.45) is 0. The zero-order valence-electron chi connectivity index (χ0n) is 11.5. The molecule has 0 atom stereocenters. The van der Waals surface area contributed by atoms with Gasteiger partial charge in [0.15, 0.2) is 4.34 Å². The van der Waals surface area contributed by atoms with E-state index in [2.05, 4.69) is 20.4 Å². The molecular formula is C11H16N4O2S4. The third kappa shape index (κ3) is 5.70. The molecule has 1 N–H and O–H groups in total. The molecule has 2 rings (SSSR count). The predicted molar refractivity (Wildman–Crippen MR) is 92.4 cm³/mol. The van der Waals surface area contributed by atoms with Crippen LogP contribution in [0.2, 0.25) is 0 Å². The van der Waals surface area contributed by atoms with E-state index in [0.29, 0.717) is 18.3 Å². The fourth-order valence-electron chi connectivity index (χ4n) is 1.56. The van der Waals surface area contributed by atoms with Crippen molar-refractivity contribution in [3.05, 3.63) is 0 Å². The molecular weight excluding hydrogens is 348 g/mol. The van der Waals surface area contributed by atoms with E-state index < -0.39 is 0 Å². The summed E-state index contributed by atoms with van der Waals surface area (Å²) in [5.74, 6) is 1.11. The number of anilines is 1. The number of amides is 1. The average Bonchev–Trinajstić information content (AvgIpc) is 2.93. The summed E-state index contributed by atoms with van der Waals surface area (Å²) >= 11 is 9.69. The fourth-order valence-corrected chi connectivity index (χ4v) is 4.28. The summed E-state index contributed by atoms with van der Waals surface area (Å²) in [4.78, 5) is 13.9. The van der Waals surface area contributed by atoms with Crippen LogP contribution in [0.1, 0.15) is 6.92 Å². The number of carbonyl (C=O) groups excluding carboxylic acids is 1. The number of ether oxygens (including phenoxy) is 1. The van der Waals surface area contributed by atoms with E-state index in [0.717, 1.165) is 27.5 Å². The highest BCUT2D eigenvalue weighted by Crippen LogP contribution is 2.25. The van der Waals surface area contributed by atoms with E-state index in [1.165, 1.54) is 23.1 Å². The van der Waals surface area contributed by atoms with Crippen molar-refractivity contribution in [2.45, 2.75) is 11.3 Å². The van der Waals surface area contributed by atoms with E-state index in [4.69, 9.17) is 17.0 Å². The van der Waals surface area contributed by atoms with E-state index in [1.54, 1.807) is 11.8 Å². The molecule has 0 saturated carbocycles. The van der Waals surface area contributed by atoms with Gasteiger partial charge in [0.2, 0.25) is 11.0 Å². The van der Waals surface area contributed by atoms with Gasteiger partial charge in [0.1, 0.15) is 4.32 Å². The third-order valence-corrected chi connectivity index (χ3v) is 5.89. The van der Waals surface area contributed by atoms with Gasteiger partial charge in [-0.1, -0.05) is 54.0 Å². The van der Waals surface area contributed by atoms with Gasteiger partial charge in [0.05, 0.1) is 19.0 Å². The van der Waals surface area contributed by atoms with Gasteiger partial charge in [-0.25, -0.2) is 0 Å². The van der Waals surface area contributed by atoms with Crippen molar-refractivity contribution in [1.29, 1.82) is 0 Å². The van der Waals surface area contributed by atoms with Crippen LogP contribution in [-0.2, 0) is 9.53 Å². The Morgan fingerprint density at radius 3 is 2.95 bits per heavy atom. The largest absolute Gasteiger partial charge is 0.378 e. The van der Waals surface area contributed by atoms with Crippen molar-refractivity contribution < 1.29 is 9.53 Å². The molecule has 1 fully saturated rings. The van der Waals surface area contributed by atoms with Gasteiger partial charge < -0.3 is 9.64 Å². The smallest absolute Gasteiger partial charge is 0.236 e. The van der Waals surface area contributed by atoms with Crippen LogP contribution in [0.3, 0.4) is 0 Å². The van der Waals surface area contributed by atoms with Crippen molar-refractivity contribution in [1.82, 2.24) is 15.1 Å². The van der Waals surface area contributed by atoms with Crippen LogP contribution in [-0.4, -0.2) is 63.1 Å². The maximum Gasteiger partial charge on any atom is 0.236 e. The SMILES string of the molecule is CCSc1nnc(NC(=O)CSC(=S)N2CCOCC2)s1. The molecule has 21 heavy (non-hydrogen) atoms. The Hall–Kier alpha value is -0.420. The Kier molecular flexibility index (Phi) is 7.17. The number of thiocarbonyl (C=S) groups is 1. The van der Waals surface area contributed by atoms with Gasteiger partial charge in [-0.05, 0) is 5.75 Å². The molecule has 10 heteroatoms. The number of hydrogen-bond acceptors (Lipinski definition) is 8. The summed E-state index contributed by atoms with van der Waals surface area (Å²) in [7, 11) is 0. The number of rotatable bonds is 5. The quantitative estimate of drug-likeness (QED) is 0.483. The molecule has 1 saturated heterocycles. The minimum atomic E-state index is -0.111. The van der Waals surface area contributed by atoms with Gasteiger partial charge >= 0.3 is 0 Å². The number of carbonyl (C=O) groups is 1. The van der Waals surface area contributed by atoms with E-state index in [9.17, 15) is 4.79 Å². The summed E-state index contributed by atoms with van der Waals surface area (Å²) in [6.45, 7) is 5.02. The highest BCUT2D eigenvalue weighted by molar-refractivity contribution is 8.23. The molecule has 1 aromatic rings. The summed E-state index contributed by atoms with van der Waals surface area (Å²) in [6, 6.07) is 0. The van der Waals surface area contributed by atoms with Crippen LogP contribution >= 0.6 is 47.1 Å². The van der Waals surface area contributed by atoms with Crippen molar-refractivity contribution in [3.8, 4) is 0 Å². The monoisotopic (exact) mass is 364 g/mol. The summed E-state index contributed by atoms with van der Waals surface area (Å²) in [5.41, 5.74) is 0. The summed E-state index contributed by atoms with van der Waals surface area (Å²) < 4.78 is 6.88. The lowest BCUT2D eigenvalue weighted by Crippen LogP contribution is -2.39. The topological polar surface area (TPSA) is 67.4 Å². The number of nitrogens with one attached hydrogen (secondary N) is 1. The molecule has 116 valence electrons. The number of hydrogen-bond donors (Lipinski definition) is 1. The molecule has 0 aliphatic carbocycles. The Bertz CT molecular complexity index is 490. The molecule has 6 nitrogen and oxygen atoms in total. The first-order valence-corrected chi connectivity index (χ1v) is 9.64. The number of thioether (sulfide) groups is 2. The Morgan fingerprint density at radius 2 is 2.24 bits per heavy atom.